The van der Waals surface area contributed by atoms with Gasteiger partial charge in [-0.15, -0.1) is 0 Å². The minimum Gasteiger partial charge on any atom is -0.508 e. The molecule has 6 aromatic rings. The maximum absolute atomic E-state index is 10.9. The smallest absolute Gasteiger partial charge is 0.118 e. The predicted molar refractivity (Wildman–Crippen MR) is 157 cm³/mol. The molecule has 0 radical (unpaired) electrons. The number of benzene rings is 5. The molecule has 7 rings (SSSR count). The Balaban J connectivity index is 1.68. The van der Waals surface area contributed by atoms with Crippen LogP contribution in [0.25, 0.3) is 10.9 Å². The van der Waals surface area contributed by atoms with Gasteiger partial charge in [-0.25, -0.2) is 0 Å². The minimum absolute atomic E-state index is 0.138. The standard InChI is InChI=1S/C35H26ClNO2/c1-39-27-16-12-22(13-17-27)32-28-21-26(38)15-18-30(28)35(23-8-4-2-5-9-23,24-10-6-3-7-11-24)34-33(32)29-20-25(36)14-19-31(29)37-34/h2-21,32,37-38H,1H3. The van der Waals surface area contributed by atoms with Crippen LogP contribution >= 0.6 is 11.6 Å². The SMILES string of the molecule is COc1ccc(C2c3cc(O)ccc3C(c3ccccc3)(c3ccccc3)c3[nH]c4ccc(Cl)cc4c32)cc1. The van der Waals surface area contributed by atoms with Crippen molar-refractivity contribution in [2.75, 3.05) is 7.11 Å². The van der Waals surface area contributed by atoms with E-state index in [0.717, 1.165) is 55.7 Å². The van der Waals surface area contributed by atoms with Crippen LogP contribution in [-0.2, 0) is 5.41 Å². The Morgan fingerprint density at radius 1 is 0.769 bits per heavy atom. The van der Waals surface area contributed by atoms with E-state index in [4.69, 9.17) is 16.3 Å². The molecule has 190 valence electrons. The third-order valence-electron chi connectivity index (χ3n) is 8.08. The monoisotopic (exact) mass is 527 g/mol. The number of H-pyrrole nitrogens is 1. The maximum atomic E-state index is 10.9. The molecule has 1 aromatic heterocycles. The zero-order chi connectivity index (χ0) is 26.6. The first-order valence-electron chi connectivity index (χ1n) is 13.0. The molecule has 1 unspecified atom stereocenters. The highest BCUT2D eigenvalue weighted by Crippen LogP contribution is 2.57. The van der Waals surface area contributed by atoms with E-state index >= 15 is 0 Å². The second kappa shape index (κ2) is 9.07. The maximum Gasteiger partial charge on any atom is 0.118 e. The Labute approximate surface area is 232 Å². The summed E-state index contributed by atoms with van der Waals surface area (Å²) in [5.74, 6) is 0.903. The molecular formula is C35H26ClNO2. The first kappa shape index (κ1) is 23.6. The summed E-state index contributed by atoms with van der Waals surface area (Å²) >= 11 is 6.61. The van der Waals surface area contributed by atoms with E-state index in [0.29, 0.717) is 5.02 Å². The lowest BCUT2D eigenvalue weighted by molar-refractivity contribution is 0.414. The summed E-state index contributed by atoms with van der Waals surface area (Å²) in [6, 6.07) is 41.3. The molecule has 3 nitrogen and oxygen atoms in total. The van der Waals surface area contributed by atoms with E-state index < -0.39 is 5.41 Å². The van der Waals surface area contributed by atoms with E-state index in [-0.39, 0.29) is 11.7 Å². The van der Waals surface area contributed by atoms with E-state index in [1.54, 1.807) is 13.2 Å². The average Bonchev–Trinajstić information content (AvgIpc) is 3.35. The molecule has 0 spiro atoms. The summed E-state index contributed by atoms with van der Waals surface area (Å²) < 4.78 is 5.47. The third kappa shape index (κ3) is 3.50. The van der Waals surface area contributed by atoms with E-state index in [1.165, 1.54) is 0 Å². The van der Waals surface area contributed by atoms with Crippen LogP contribution < -0.4 is 4.74 Å². The number of phenols is 1. The summed E-state index contributed by atoms with van der Waals surface area (Å²) in [4.78, 5) is 3.86. The molecule has 1 atom stereocenters. The lowest BCUT2D eigenvalue weighted by Crippen LogP contribution is -2.37. The average molecular weight is 528 g/mol. The second-order valence-corrected chi connectivity index (χ2v) is 10.5. The van der Waals surface area contributed by atoms with Gasteiger partial charge in [0.2, 0.25) is 0 Å². The summed E-state index contributed by atoms with van der Waals surface area (Å²) in [7, 11) is 1.68. The molecule has 1 aliphatic rings. The summed E-state index contributed by atoms with van der Waals surface area (Å²) in [5.41, 5.74) is 8.24. The number of rotatable bonds is 4. The quantitative estimate of drug-likeness (QED) is 0.241. The number of aromatic amines is 1. The molecule has 0 bridgehead atoms. The van der Waals surface area contributed by atoms with Gasteiger partial charge in [0.15, 0.2) is 0 Å². The van der Waals surface area contributed by atoms with Crippen molar-refractivity contribution < 1.29 is 9.84 Å². The Hall–Kier alpha value is -4.47. The van der Waals surface area contributed by atoms with Gasteiger partial charge in [-0.05, 0) is 75.8 Å². The molecular weight excluding hydrogens is 502 g/mol. The van der Waals surface area contributed by atoms with Crippen LogP contribution in [0.4, 0.5) is 0 Å². The fourth-order valence-electron chi connectivity index (χ4n) is 6.49. The highest BCUT2D eigenvalue weighted by molar-refractivity contribution is 6.31. The summed E-state index contributed by atoms with van der Waals surface area (Å²) in [6.07, 6.45) is 0. The van der Waals surface area contributed by atoms with Crippen molar-refractivity contribution in [3.05, 3.63) is 165 Å². The number of aromatic hydroxyl groups is 1. The van der Waals surface area contributed by atoms with Gasteiger partial charge < -0.3 is 14.8 Å². The van der Waals surface area contributed by atoms with Crippen molar-refractivity contribution in [1.29, 1.82) is 0 Å². The van der Waals surface area contributed by atoms with Gasteiger partial charge in [0.1, 0.15) is 11.5 Å². The van der Waals surface area contributed by atoms with Crippen LogP contribution in [0.5, 0.6) is 11.5 Å². The number of phenolic OH excluding ortho intramolecular Hbond substituents is 1. The van der Waals surface area contributed by atoms with Gasteiger partial charge in [-0.3, -0.25) is 0 Å². The van der Waals surface area contributed by atoms with Gasteiger partial charge in [0.05, 0.1) is 12.5 Å². The highest BCUT2D eigenvalue weighted by atomic mass is 35.5. The van der Waals surface area contributed by atoms with Crippen LogP contribution in [0.1, 0.15) is 45.0 Å². The third-order valence-corrected chi connectivity index (χ3v) is 8.31. The number of fused-ring (bicyclic) bond motifs is 4. The Morgan fingerprint density at radius 2 is 1.44 bits per heavy atom. The lowest BCUT2D eigenvalue weighted by atomic mass is 9.59. The van der Waals surface area contributed by atoms with Crippen LogP contribution in [0.15, 0.2) is 121 Å². The Morgan fingerprint density at radius 3 is 2.08 bits per heavy atom. The number of aromatic nitrogens is 1. The zero-order valence-corrected chi connectivity index (χ0v) is 22.1. The van der Waals surface area contributed by atoms with Crippen LogP contribution in [0.3, 0.4) is 0 Å². The Bertz CT molecular complexity index is 1770. The number of nitrogens with one attached hydrogen (secondary N) is 1. The van der Waals surface area contributed by atoms with E-state index in [9.17, 15) is 5.11 Å². The molecule has 0 aliphatic heterocycles. The first-order chi connectivity index (χ1) is 19.1. The molecule has 1 heterocycles. The molecule has 0 amide bonds. The number of ether oxygens (including phenoxy) is 1. The van der Waals surface area contributed by atoms with Crippen molar-refractivity contribution in [3.8, 4) is 11.5 Å². The van der Waals surface area contributed by atoms with Crippen molar-refractivity contribution in [1.82, 2.24) is 4.98 Å². The lowest BCUT2D eigenvalue weighted by Gasteiger charge is -2.43. The molecule has 1 aliphatic carbocycles. The molecule has 0 saturated heterocycles. The summed E-state index contributed by atoms with van der Waals surface area (Å²) in [5, 5.41) is 12.6. The summed E-state index contributed by atoms with van der Waals surface area (Å²) in [6.45, 7) is 0. The van der Waals surface area contributed by atoms with Crippen molar-refractivity contribution in [2.45, 2.75) is 11.3 Å². The van der Waals surface area contributed by atoms with Gasteiger partial charge >= 0.3 is 0 Å². The zero-order valence-electron chi connectivity index (χ0n) is 21.4. The molecule has 2 N–H and O–H groups in total. The fourth-order valence-corrected chi connectivity index (χ4v) is 6.66. The van der Waals surface area contributed by atoms with Crippen LogP contribution in [0.2, 0.25) is 5.02 Å². The molecule has 0 fully saturated rings. The molecule has 39 heavy (non-hydrogen) atoms. The largest absolute Gasteiger partial charge is 0.508 e. The fraction of sp³-hybridized carbons (Fsp3) is 0.0857. The molecule has 5 aromatic carbocycles. The van der Waals surface area contributed by atoms with Gasteiger partial charge in [-0.2, -0.15) is 0 Å². The van der Waals surface area contributed by atoms with Gasteiger partial charge in [0, 0.05) is 27.5 Å². The van der Waals surface area contributed by atoms with Gasteiger partial charge in [-0.1, -0.05) is 90.5 Å². The minimum atomic E-state index is -0.643. The van der Waals surface area contributed by atoms with Crippen molar-refractivity contribution >= 4 is 22.5 Å². The normalized spacial score (nSPS) is 15.5. The number of hydrogen-bond donors (Lipinski definition) is 2. The van der Waals surface area contributed by atoms with Gasteiger partial charge in [0.25, 0.3) is 0 Å². The molecule has 0 saturated carbocycles. The molecule has 4 heteroatoms. The van der Waals surface area contributed by atoms with Crippen molar-refractivity contribution in [2.24, 2.45) is 0 Å². The number of halogens is 1. The van der Waals surface area contributed by atoms with E-state index in [2.05, 4.69) is 96.0 Å². The predicted octanol–water partition coefficient (Wildman–Crippen LogP) is 8.41. The van der Waals surface area contributed by atoms with Crippen molar-refractivity contribution in [3.63, 3.8) is 0 Å². The Kier molecular flexibility index (Phi) is 5.50. The topological polar surface area (TPSA) is 45.2 Å². The van der Waals surface area contributed by atoms with Crippen LogP contribution in [-0.4, -0.2) is 17.2 Å². The van der Waals surface area contributed by atoms with E-state index in [1.807, 2.05) is 24.3 Å². The number of methoxy groups -OCH3 is 1. The second-order valence-electron chi connectivity index (χ2n) is 10.1. The highest BCUT2D eigenvalue weighted by Gasteiger charge is 2.49. The van der Waals surface area contributed by atoms with Crippen LogP contribution in [0, 0.1) is 0 Å². The number of hydrogen-bond acceptors (Lipinski definition) is 2. The first-order valence-corrected chi connectivity index (χ1v) is 13.4.